The molecule has 0 spiro atoms. The zero-order valence-corrected chi connectivity index (χ0v) is 8.93. The molecule has 0 aromatic carbocycles. The highest BCUT2D eigenvalue weighted by molar-refractivity contribution is 6.36. The number of halogens is 3. The minimum Gasteiger partial charge on any atom is -0.255 e. The second-order valence-corrected chi connectivity index (χ2v) is 3.64. The van der Waals surface area contributed by atoms with Crippen molar-refractivity contribution < 1.29 is 4.39 Å². The average molecular weight is 243 g/mol. The lowest BCUT2D eigenvalue weighted by molar-refractivity contribution is 0.584. The minimum atomic E-state index is -0.615. The van der Waals surface area contributed by atoms with E-state index in [4.69, 9.17) is 23.2 Å². The van der Waals surface area contributed by atoms with Gasteiger partial charge in [0.1, 0.15) is 0 Å². The predicted molar refractivity (Wildman–Crippen MR) is 57.4 cm³/mol. The number of hydrogen-bond acceptors (Lipinski definition) is 2. The summed E-state index contributed by atoms with van der Waals surface area (Å²) in [5.41, 5.74) is 0.889. The highest BCUT2D eigenvalue weighted by Gasteiger charge is 2.10. The van der Waals surface area contributed by atoms with Crippen molar-refractivity contribution in [3.05, 3.63) is 46.6 Å². The molecule has 0 aliphatic heterocycles. The quantitative estimate of drug-likeness (QED) is 0.715. The Morgan fingerprint density at radius 1 is 1.13 bits per heavy atom. The van der Waals surface area contributed by atoms with Crippen LogP contribution in [0.1, 0.15) is 0 Å². The maximum absolute atomic E-state index is 12.9. The van der Waals surface area contributed by atoms with E-state index in [2.05, 4.69) is 9.97 Å². The fraction of sp³-hybridized carbons (Fsp3) is 0. The van der Waals surface area contributed by atoms with Crippen molar-refractivity contribution >= 4 is 23.2 Å². The Morgan fingerprint density at radius 2 is 1.93 bits per heavy atom. The smallest absolute Gasteiger partial charge is 0.213 e. The second-order valence-electron chi connectivity index (χ2n) is 2.82. The molecule has 15 heavy (non-hydrogen) atoms. The van der Waals surface area contributed by atoms with Gasteiger partial charge in [-0.1, -0.05) is 23.2 Å². The summed E-state index contributed by atoms with van der Waals surface area (Å²) in [4.78, 5) is 7.46. The Labute approximate surface area is 95.7 Å². The predicted octanol–water partition coefficient (Wildman–Crippen LogP) is 3.59. The van der Waals surface area contributed by atoms with Crippen molar-refractivity contribution in [3.63, 3.8) is 0 Å². The molecule has 0 saturated heterocycles. The number of pyridine rings is 2. The summed E-state index contributed by atoms with van der Waals surface area (Å²) in [6, 6.07) is 4.56. The van der Waals surface area contributed by atoms with E-state index < -0.39 is 5.95 Å². The Bertz CT molecular complexity index is 503. The Kier molecular flexibility index (Phi) is 2.84. The van der Waals surface area contributed by atoms with Gasteiger partial charge in [-0.15, -0.1) is 0 Å². The van der Waals surface area contributed by atoms with Crippen LogP contribution >= 0.6 is 23.2 Å². The molecule has 0 bridgehead atoms. The molecule has 0 N–H and O–H groups in total. The zero-order chi connectivity index (χ0) is 10.8. The van der Waals surface area contributed by atoms with Crippen LogP contribution in [0.4, 0.5) is 4.39 Å². The van der Waals surface area contributed by atoms with Crippen LogP contribution in [-0.4, -0.2) is 9.97 Å². The van der Waals surface area contributed by atoms with Gasteiger partial charge >= 0.3 is 0 Å². The molecule has 0 aliphatic carbocycles. The van der Waals surface area contributed by atoms with Crippen LogP contribution in [0.15, 0.2) is 30.6 Å². The first-order valence-electron chi connectivity index (χ1n) is 4.10. The molecule has 0 fully saturated rings. The molecule has 5 heteroatoms. The van der Waals surface area contributed by atoms with Crippen LogP contribution < -0.4 is 0 Å². The van der Waals surface area contributed by atoms with Crippen LogP contribution in [0.5, 0.6) is 0 Å². The van der Waals surface area contributed by atoms with Crippen LogP contribution in [-0.2, 0) is 0 Å². The second kappa shape index (κ2) is 4.13. The molecule has 0 atom stereocenters. The van der Waals surface area contributed by atoms with Crippen molar-refractivity contribution in [3.8, 4) is 11.3 Å². The van der Waals surface area contributed by atoms with Gasteiger partial charge in [0.2, 0.25) is 5.95 Å². The van der Waals surface area contributed by atoms with Gasteiger partial charge in [-0.2, -0.15) is 4.39 Å². The molecule has 2 heterocycles. The Hall–Kier alpha value is -1.19. The van der Waals surface area contributed by atoms with E-state index in [0.29, 0.717) is 21.3 Å². The molecular formula is C10H5Cl2FN2. The lowest BCUT2D eigenvalue weighted by Gasteiger charge is -2.04. The van der Waals surface area contributed by atoms with E-state index in [1.54, 1.807) is 18.3 Å². The SMILES string of the molecule is Fc1cc(-c2ncccc2Cl)c(Cl)cn1. The molecule has 0 saturated carbocycles. The number of nitrogens with zero attached hydrogens (tertiary/aromatic N) is 2. The zero-order valence-electron chi connectivity index (χ0n) is 7.42. The molecule has 76 valence electrons. The van der Waals surface area contributed by atoms with Crippen LogP contribution in [0.25, 0.3) is 11.3 Å². The maximum atomic E-state index is 12.9. The molecular weight excluding hydrogens is 238 g/mol. The van der Waals surface area contributed by atoms with Gasteiger partial charge in [-0.05, 0) is 12.1 Å². The normalized spacial score (nSPS) is 10.3. The van der Waals surface area contributed by atoms with E-state index in [0.717, 1.165) is 0 Å². The highest BCUT2D eigenvalue weighted by Crippen LogP contribution is 2.30. The molecule has 2 rings (SSSR count). The molecule has 0 aliphatic rings. The van der Waals surface area contributed by atoms with E-state index >= 15 is 0 Å². The Balaban J connectivity index is 2.64. The van der Waals surface area contributed by atoms with Crippen molar-refractivity contribution in [2.75, 3.05) is 0 Å². The molecule has 0 unspecified atom stereocenters. The van der Waals surface area contributed by atoms with E-state index in [1.165, 1.54) is 12.3 Å². The lowest BCUT2D eigenvalue weighted by Crippen LogP contribution is -1.89. The average Bonchev–Trinajstić information content (AvgIpc) is 2.23. The van der Waals surface area contributed by atoms with Gasteiger partial charge in [-0.3, -0.25) is 4.98 Å². The topological polar surface area (TPSA) is 25.8 Å². The maximum Gasteiger partial charge on any atom is 0.213 e. The highest BCUT2D eigenvalue weighted by atomic mass is 35.5. The monoisotopic (exact) mass is 242 g/mol. The van der Waals surface area contributed by atoms with E-state index in [1.807, 2.05) is 0 Å². The lowest BCUT2D eigenvalue weighted by atomic mass is 10.2. The fourth-order valence-corrected chi connectivity index (χ4v) is 1.59. The van der Waals surface area contributed by atoms with E-state index in [-0.39, 0.29) is 0 Å². The minimum absolute atomic E-state index is 0.317. The first-order valence-corrected chi connectivity index (χ1v) is 4.86. The summed E-state index contributed by atoms with van der Waals surface area (Å²) >= 11 is 11.8. The third-order valence-electron chi connectivity index (χ3n) is 1.84. The number of rotatable bonds is 1. The fourth-order valence-electron chi connectivity index (χ4n) is 1.18. The van der Waals surface area contributed by atoms with Gasteiger partial charge in [0, 0.05) is 24.0 Å². The summed E-state index contributed by atoms with van der Waals surface area (Å²) < 4.78 is 12.9. The molecule has 2 nitrogen and oxygen atoms in total. The van der Waals surface area contributed by atoms with Crippen LogP contribution in [0.3, 0.4) is 0 Å². The number of aromatic nitrogens is 2. The van der Waals surface area contributed by atoms with Crippen molar-refractivity contribution in [2.45, 2.75) is 0 Å². The van der Waals surface area contributed by atoms with Crippen LogP contribution in [0.2, 0.25) is 10.0 Å². The Morgan fingerprint density at radius 3 is 2.67 bits per heavy atom. The molecule has 0 radical (unpaired) electrons. The summed E-state index contributed by atoms with van der Waals surface area (Å²) in [5, 5.41) is 0.738. The standard InChI is InChI=1S/C10H5Cl2FN2/c11-7-2-1-3-14-10(7)6-4-9(13)15-5-8(6)12/h1-5H. The third kappa shape index (κ3) is 2.08. The van der Waals surface area contributed by atoms with Gasteiger partial charge in [0.05, 0.1) is 15.7 Å². The van der Waals surface area contributed by atoms with Crippen molar-refractivity contribution in [1.29, 1.82) is 0 Å². The number of hydrogen-bond donors (Lipinski definition) is 0. The van der Waals surface area contributed by atoms with Gasteiger partial charge < -0.3 is 0 Å². The summed E-state index contributed by atoms with van der Waals surface area (Å²) in [6.45, 7) is 0. The molecule has 2 aromatic heterocycles. The van der Waals surface area contributed by atoms with E-state index in [9.17, 15) is 4.39 Å². The summed E-state index contributed by atoms with van der Waals surface area (Å²) in [5.74, 6) is -0.615. The largest absolute Gasteiger partial charge is 0.255 e. The van der Waals surface area contributed by atoms with Crippen molar-refractivity contribution in [1.82, 2.24) is 9.97 Å². The first kappa shape index (κ1) is 10.3. The molecule has 2 aromatic rings. The third-order valence-corrected chi connectivity index (χ3v) is 2.44. The van der Waals surface area contributed by atoms with Gasteiger partial charge in [-0.25, -0.2) is 4.98 Å². The van der Waals surface area contributed by atoms with Gasteiger partial charge in [0.25, 0.3) is 0 Å². The van der Waals surface area contributed by atoms with Gasteiger partial charge in [0.15, 0.2) is 0 Å². The molecule has 0 amide bonds. The first-order chi connectivity index (χ1) is 7.18. The summed E-state index contributed by atoms with van der Waals surface area (Å²) in [7, 11) is 0. The van der Waals surface area contributed by atoms with Crippen LogP contribution in [0, 0.1) is 5.95 Å². The summed E-state index contributed by atoms with van der Waals surface area (Å²) in [6.07, 6.45) is 2.80. The van der Waals surface area contributed by atoms with Crippen molar-refractivity contribution in [2.24, 2.45) is 0 Å².